The van der Waals surface area contributed by atoms with Gasteiger partial charge in [0, 0.05) is 19.1 Å². The largest absolute Gasteiger partial charge is 0.367 e. The Labute approximate surface area is 129 Å². The number of nitrogens with zero attached hydrogens (tertiary/aromatic N) is 5. The van der Waals surface area contributed by atoms with Crippen LogP contribution in [0.2, 0.25) is 5.28 Å². The molecule has 0 bridgehead atoms. The Bertz CT molecular complexity index is 617. The summed E-state index contributed by atoms with van der Waals surface area (Å²) in [6.45, 7) is 1.74. The molecule has 0 atom stereocenters. The molecule has 1 aliphatic rings. The van der Waals surface area contributed by atoms with Crippen LogP contribution in [0.25, 0.3) is 11.2 Å². The summed E-state index contributed by atoms with van der Waals surface area (Å²) in [6, 6.07) is 0.508. The Kier molecular flexibility index (Phi) is 4.26. The van der Waals surface area contributed by atoms with Crippen molar-refractivity contribution in [2.75, 3.05) is 32.5 Å². The van der Waals surface area contributed by atoms with Crippen LogP contribution in [-0.2, 0) is 0 Å². The number of anilines is 1. The van der Waals surface area contributed by atoms with Crippen molar-refractivity contribution < 1.29 is 0 Å². The Hall–Kier alpha value is -1.40. The van der Waals surface area contributed by atoms with Crippen molar-refractivity contribution in [3.63, 3.8) is 0 Å². The van der Waals surface area contributed by atoms with Gasteiger partial charge < -0.3 is 14.8 Å². The number of fused-ring (bicyclic) bond motifs is 1. The van der Waals surface area contributed by atoms with Gasteiger partial charge in [-0.2, -0.15) is 9.97 Å². The van der Waals surface area contributed by atoms with E-state index in [4.69, 9.17) is 11.6 Å². The van der Waals surface area contributed by atoms with Crippen molar-refractivity contribution in [2.24, 2.45) is 0 Å². The van der Waals surface area contributed by atoms with E-state index in [0.29, 0.717) is 11.7 Å². The molecule has 1 aliphatic carbocycles. The van der Waals surface area contributed by atoms with Crippen molar-refractivity contribution in [3.8, 4) is 0 Å². The SMILES string of the molecule is CN(C)CCNc1nc(Cl)nc2ncn(C3CCCC3)c12. The highest BCUT2D eigenvalue weighted by Gasteiger charge is 2.21. The van der Waals surface area contributed by atoms with E-state index >= 15 is 0 Å². The first-order valence-corrected chi connectivity index (χ1v) is 7.81. The van der Waals surface area contributed by atoms with Crippen molar-refractivity contribution in [1.29, 1.82) is 0 Å². The highest BCUT2D eigenvalue weighted by atomic mass is 35.5. The molecule has 0 radical (unpaired) electrons. The number of nitrogens with one attached hydrogen (secondary N) is 1. The zero-order chi connectivity index (χ0) is 14.8. The zero-order valence-corrected chi connectivity index (χ0v) is 13.3. The zero-order valence-electron chi connectivity index (χ0n) is 12.5. The third kappa shape index (κ3) is 3.11. The molecule has 114 valence electrons. The Morgan fingerprint density at radius 2 is 2.10 bits per heavy atom. The number of halogens is 1. The van der Waals surface area contributed by atoms with Crippen LogP contribution in [0.1, 0.15) is 31.7 Å². The predicted molar refractivity (Wildman–Crippen MR) is 84.9 cm³/mol. The molecular formula is C14H21ClN6. The van der Waals surface area contributed by atoms with Gasteiger partial charge in [-0.1, -0.05) is 12.8 Å². The van der Waals surface area contributed by atoms with Gasteiger partial charge in [-0.15, -0.1) is 0 Å². The van der Waals surface area contributed by atoms with E-state index in [1.807, 2.05) is 20.4 Å². The van der Waals surface area contributed by atoms with E-state index in [0.717, 1.165) is 24.4 Å². The second-order valence-corrected chi connectivity index (χ2v) is 6.17. The third-order valence-electron chi connectivity index (χ3n) is 3.97. The number of imidazole rings is 1. The van der Waals surface area contributed by atoms with Crippen LogP contribution in [0.4, 0.5) is 5.82 Å². The summed E-state index contributed by atoms with van der Waals surface area (Å²) in [6.07, 6.45) is 6.84. The second kappa shape index (κ2) is 6.15. The van der Waals surface area contributed by atoms with E-state index < -0.39 is 0 Å². The first-order chi connectivity index (χ1) is 10.1. The molecule has 1 saturated carbocycles. The van der Waals surface area contributed by atoms with Crippen molar-refractivity contribution in [2.45, 2.75) is 31.7 Å². The van der Waals surface area contributed by atoms with Crippen molar-refractivity contribution in [3.05, 3.63) is 11.6 Å². The van der Waals surface area contributed by atoms with Crippen LogP contribution in [-0.4, -0.2) is 51.6 Å². The highest BCUT2D eigenvalue weighted by molar-refractivity contribution is 6.28. The summed E-state index contributed by atoms with van der Waals surface area (Å²) in [7, 11) is 4.10. The monoisotopic (exact) mass is 308 g/mol. The summed E-state index contributed by atoms with van der Waals surface area (Å²) in [4.78, 5) is 15.1. The smallest absolute Gasteiger partial charge is 0.226 e. The minimum atomic E-state index is 0.242. The van der Waals surface area contributed by atoms with Gasteiger partial charge in [0.05, 0.1) is 6.33 Å². The Morgan fingerprint density at radius 3 is 2.81 bits per heavy atom. The molecule has 0 spiro atoms. The van der Waals surface area contributed by atoms with Gasteiger partial charge in [-0.05, 0) is 38.5 Å². The van der Waals surface area contributed by atoms with Gasteiger partial charge in [0.15, 0.2) is 11.5 Å². The summed E-state index contributed by atoms with van der Waals surface area (Å²) < 4.78 is 2.22. The first kappa shape index (κ1) is 14.5. The first-order valence-electron chi connectivity index (χ1n) is 7.44. The molecule has 1 fully saturated rings. The minimum absolute atomic E-state index is 0.242. The number of aromatic nitrogens is 4. The van der Waals surface area contributed by atoms with Gasteiger partial charge in [0.1, 0.15) is 5.52 Å². The van der Waals surface area contributed by atoms with Crippen molar-refractivity contribution in [1.82, 2.24) is 24.4 Å². The number of hydrogen-bond acceptors (Lipinski definition) is 5. The van der Waals surface area contributed by atoms with Crippen LogP contribution in [0.3, 0.4) is 0 Å². The normalized spacial score (nSPS) is 16.2. The number of likely N-dealkylation sites (N-methyl/N-ethyl adjacent to an activating group) is 1. The molecule has 0 amide bonds. The molecule has 3 rings (SSSR count). The van der Waals surface area contributed by atoms with E-state index in [-0.39, 0.29) is 5.28 Å². The molecule has 1 N–H and O–H groups in total. The summed E-state index contributed by atoms with van der Waals surface area (Å²) in [5.41, 5.74) is 1.65. The molecule has 0 saturated heterocycles. The molecule has 21 heavy (non-hydrogen) atoms. The molecule has 6 nitrogen and oxygen atoms in total. The van der Waals surface area contributed by atoms with Crippen LogP contribution < -0.4 is 5.32 Å². The van der Waals surface area contributed by atoms with Crippen LogP contribution >= 0.6 is 11.6 Å². The lowest BCUT2D eigenvalue weighted by Crippen LogP contribution is -2.21. The second-order valence-electron chi connectivity index (χ2n) is 5.83. The average molecular weight is 309 g/mol. The predicted octanol–water partition coefficient (Wildman–Crippen LogP) is 2.57. The Morgan fingerprint density at radius 1 is 1.33 bits per heavy atom. The molecule has 7 heteroatoms. The summed E-state index contributed by atoms with van der Waals surface area (Å²) in [5.74, 6) is 0.788. The topological polar surface area (TPSA) is 58.9 Å². The van der Waals surface area contributed by atoms with E-state index in [1.165, 1.54) is 25.7 Å². The molecule has 2 heterocycles. The molecule has 0 aromatic carbocycles. The van der Waals surface area contributed by atoms with Gasteiger partial charge in [-0.3, -0.25) is 0 Å². The fourth-order valence-corrected chi connectivity index (χ4v) is 3.06. The van der Waals surface area contributed by atoms with Gasteiger partial charge in [0.2, 0.25) is 5.28 Å². The van der Waals surface area contributed by atoms with E-state index in [9.17, 15) is 0 Å². The summed E-state index contributed by atoms with van der Waals surface area (Å²) in [5, 5.41) is 3.61. The van der Waals surface area contributed by atoms with E-state index in [1.54, 1.807) is 0 Å². The van der Waals surface area contributed by atoms with E-state index in [2.05, 4.69) is 29.7 Å². The lowest BCUT2D eigenvalue weighted by atomic mass is 10.2. The average Bonchev–Trinajstić information content (AvgIpc) is 3.05. The molecule has 2 aromatic rings. The molecule has 0 aliphatic heterocycles. The van der Waals surface area contributed by atoms with Gasteiger partial charge in [0.25, 0.3) is 0 Å². The third-order valence-corrected chi connectivity index (χ3v) is 4.14. The lowest BCUT2D eigenvalue weighted by Gasteiger charge is -2.15. The van der Waals surface area contributed by atoms with Gasteiger partial charge >= 0.3 is 0 Å². The fraction of sp³-hybridized carbons (Fsp3) is 0.643. The standard InChI is InChI=1S/C14H21ClN6/c1-20(2)8-7-16-12-11-13(19-14(15)18-12)17-9-21(11)10-5-3-4-6-10/h9-10H,3-8H2,1-2H3,(H,16,18,19). The van der Waals surface area contributed by atoms with Crippen molar-refractivity contribution >= 4 is 28.6 Å². The maximum atomic E-state index is 6.01. The molecule has 0 unspecified atom stereocenters. The van der Waals surface area contributed by atoms with Gasteiger partial charge in [-0.25, -0.2) is 4.98 Å². The number of hydrogen-bond donors (Lipinski definition) is 1. The van der Waals surface area contributed by atoms with Crippen LogP contribution in [0, 0.1) is 0 Å². The van der Waals surface area contributed by atoms with Crippen LogP contribution in [0.5, 0.6) is 0 Å². The minimum Gasteiger partial charge on any atom is -0.367 e. The maximum Gasteiger partial charge on any atom is 0.226 e. The molecule has 2 aromatic heterocycles. The lowest BCUT2D eigenvalue weighted by molar-refractivity contribution is 0.425. The highest BCUT2D eigenvalue weighted by Crippen LogP contribution is 2.33. The maximum absolute atomic E-state index is 6.01. The summed E-state index contributed by atoms with van der Waals surface area (Å²) >= 11 is 6.01. The Balaban J connectivity index is 1.94. The molecular weight excluding hydrogens is 288 g/mol. The quantitative estimate of drug-likeness (QED) is 0.860. The number of rotatable bonds is 5. The fourth-order valence-electron chi connectivity index (χ4n) is 2.90. The van der Waals surface area contributed by atoms with Crippen LogP contribution in [0.15, 0.2) is 6.33 Å².